The van der Waals surface area contributed by atoms with E-state index in [1.54, 1.807) is 7.11 Å². The van der Waals surface area contributed by atoms with Gasteiger partial charge < -0.3 is 14.5 Å². The van der Waals surface area contributed by atoms with Gasteiger partial charge in [0, 0.05) is 28.8 Å². The standard InChI is InChI=1S/C21H24N2O3S/c1-13-15-12-14(25-2)9-10-17(15)26-20(13)21(24)22-11-5-8-19-23-16-6-3-4-7-18(16)27-19/h9-10,12H,3-8,11H2,1-2H3,(H,22,24). The Balaban J connectivity index is 1.35. The van der Waals surface area contributed by atoms with Crippen molar-refractivity contribution in [2.24, 2.45) is 0 Å². The van der Waals surface area contributed by atoms with E-state index in [0.717, 1.165) is 36.0 Å². The predicted molar refractivity (Wildman–Crippen MR) is 107 cm³/mol. The first-order valence-electron chi connectivity index (χ1n) is 9.48. The summed E-state index contributed by atoms with van der Waals surface area (Å²) in [5.74, 6) is 0.966. The Bertz CT molecular complexity index is 950. The average Bonchev–Trinajstić information content (AvgIpc) is 3.25. The number of carbonyl (C=O) groups excluding carboxylic acids is 1. The fourth-order valence-corrected chi connectivity index (χ4v) is 4.78. The molecule has 27 heavy (non-hydrogen) atoms. The van der Waals surface area contributed by atoms with E-state index in [1.165, 1.54) is 34.8 Å². The lowest BCUT2D eigenvalue weighted by molar-refractivity contribution is 0.0927. The van der Waals surface area contributed by atoms with Gasteiger partial charge in [-0.05, 0) is 57.2 Å². The molecule has 0 atom stereocenters. The number of rotatable bonds is 6. The molecule has 1 amide bonds. The number of amides is 1. The van der Waals surface area contributed by atoms with E-state index in [1.807, 2.05) is 36.5 Å². The molecule has 2 aromatic heterocycles. The maximum atomic E-state index is 12.5. The van der Waals surface area contributed by atoms with Crippen LogP contribution in [-0.4, -0.2) is 24.5 Å². The van der Waals surface area contributed by atoms with Crippen molar-refractivity contribution in [2.75, 3.05) is 13.7 Å². The highest BCUT2D eigenvalue weighted by atomic mass is 32.1. The summed E-state index contributed by atoms with van der Waals surface area (Å²) in [6.45, 7) is 2.52. The molecule has 0 spiro atoms. The SMILES string of the molecule is COc1ccc2oc(C(=O)NCCCc3nc4c(s3)CCCC4)c(C)c2c1. The van der Waals surface area contributed by atoms with Crippen molar-refractivity contribution in [2.45, 2.75) is 45.4 Å². The second-order valence-electron chi connectivity index (χ2n) is 6.96. The van der Waals surface area contributed by atoms with Crippen molar-refractivity contribution in [1.29, 1.82) is 0 Å². The summed E-state index contributed by atoms with van der Waals surface area (Å²) in [7, 11) is 1.63. The number of nitrogens with one attached hydrogen (secondary N) is 1. The van der Waals surface area contributed by atoms with Gasteiger partial charge in [-0.25, -0.2) is 4.98 Å². The molecule has 0 unspecified atom stereocenters. The Morgan fingerprint density at radius 3 is 3.00 bits per heavy atom. The second-order valence-corrected chi connectivity index (χ2v) is 8.13. The largest absolute Gasteiger partial charge is 0.497 e. The number of aromatic nitrogens is 1. The molecule has 5 nitrogen and oxygen atoms in total. The highest BCUT2D eigenvalue weighted by molar-refractivity contribution is 7.11. The summed E-state index contributed by atoms with van der Waals surface area (Å²) in [5.41, 5.74) is 2.85. The molecule has 6 heteroatoms. The summed E-state index contributed by atoms with van der Waals surface area (Å²) >= 11 is 1.85. The van der Waals surface area contributed by atoms with Crippen LogP contribution >= 0.6 is 11.3 Å². The molecule has 0 bridgehead atoms. The van der Waals surface area contributed by atoms with Crippen LogP contribution in [-0.2, 0) is 19.3 Å². The first-order chi connectivity index (χ1) is 13.2. The van der Waals surface area contributed by atoms with Gasteiger partial charge in [0.1, 0.15) is 11.3 Å². The molecule has 1 N–H and O–H groups in total. The van der Waals surface area contributed by atoms with E-state index in [2.05, 4.69) is 5.32 Å². The number of hydrogen-bond donors (Lipinski definition) is 1. The lowest BCUT2D eigenvalue weighted by Gasteiger charge is -2.06. The minimum Gasteiger partial charge on any atom is -0.497 e. The first-order valence-corrected chi connectivity index (χ1v) is 10.3. The average molecular weight is 385 g/mol. The topological polar surface area (TPSA) is 64.4 Å². The zero-order valence-corrected chi connectivity index (χ0v) is 16.6. The zero-order valence-electron chi connectivity index (χ0n) is 15.8. The van der Waals surface area contributed by atoms with E-state index in [4.69, 9.17) is 14.1 Å². The summed E-state index contributed by atoms with van der Waals surface area (Å²) in [6, 6.07) is 5.57. The van der Waals surface area contributed by atoms with Crippen molar-refractivity contribution in [3.63, 3.8) is 0 Å². The van der Waals surface area contributed by atoms with E-state index in [9.17, 15) is 4.79 Å². The minimum atomic E-state index is -0.166. The normalized spacial score (nSPS) is 13.6. The van der Waals surface area contributed by atoms with Gasteiger partial charge in [0.05, 0.1) is 17.8 Å². The van der Waals surface area contributed by atoms with Crippen molar-refractivity contribution in [1.82, 2.24) is 10.3 Å². The molecule has 1 aromatic carbocycles. The van der Waals surface area contributed by atoms with Crippen molar-refractivity contribution in [3.8, 4) is 5.75 Å². The van der Waals surface area contributed by atoms with Crippen LogP contribution in [0.4, 0.5) is 0 Å². The van der Waals surface area contributed by atoms with Crippen LogP contribution in [0.5, 0.6) is 5.75 Å². The van der Waals surface area contributed by atoms with E-state index in [-0.39, 0.29) is 5.91 Å². The van der Waals surface area contributed by atoms with Gasteiger partial charge in [-0.1, -0.05) is 0 Å². The number of hydrogen-bond acceptors (Lipinski definition) is 5. The van der Waals surface area contributed by atoms with Gasteiger partial charge in [-0.15, -0.1) is 11.3 Å². The van der Waals surface area contributed by atoms with E-state index in [0.29, 0.717) is 17.9 Å². The Morgan fingerprint density at radius 1 is 1.33 bits per heavy atom. The third-order valence-corrected chi connectivity index (χ3v) is 6.31. The Labute approximate surface area is 162 Å². The number of furan rings is 1. The van der Waals surface area contributed by atoms with Gasteiger partial charge in [-0.2, -0.15) is 0 Å². The quantitative estimate of drug-likeness (QED) is 0.638. The first kappa shape index (κ1) is 18.0. The molecule has 0 fully saturated rings. The Kier molecular flexibility index (Phi) is 5.16. The fourth-order valence-electron chi connectivity index (χ4n) is 3.58. The lowest BCUT2D eigenvalue weighted by atomic mass is 10.0. The van der Waals surface area contributed by atoms with Gasteiger partial charge in [0.2, 0.25) is 0 Å². The number of carbonyl (C=O) groups is 1. The van der Waals surface area contributed by atoms with Gasteiger partial charge in [-0.3, -0.25) is 4.79 Å². The number of ether oxygens (including phenoxy) is 1. The van der Waals surface area contributed by atoms with Crippen LogP contribution in [0.25, 0.3) is 11.0 Å². The highest BCUT2D eigenvalue weighted by Crippen LogP contribution is 2.29. The van der Waals surface area contributed by atoms with Gasteiger partial charge >= 0.3 is 0 Å². The predicted octanol–water partition coefficient (Wildman–Crippen LogP) is 4.45. The van der Waals surface area contributed by atoms with E-state index >= 15 is 0 Å². The lowest BCUT2D eigenvalue weighted by Crippen LogP contribution is -2.24. The van der Waals surface area contributed by atoms with Crippen molar-refractivity contribution >= 4 is 28.2 Å². The summed E-state index contributed by atoms with van der Waals surface area (Å²) < 4.78 is 11.0. The molecule has 1 aliphatic rings. The number of fused-ring (bicyclic) bond motifs is 2. The van der Waals surface area contributed by atoms with Crippen LogP contribution in [0.3, 0.4) is 0 Å². The Morgan fingerprint density at radius 2 is 2.19 bits per heavy atom. The zero-order chi connectivity index (χ0) is 18.8. The van der Waals surface area contributed by atoms with Crippen LogP contribution in [0.15, 0.2) is 22.6 Å². The number of thiazole rings is 1. The van der Waals surface area contributed by atoms with Gasteiger partial charge in [0.15, 0.2) is 5.76 Å². The highest BCUT2D eigenvalue weighted by Gasteiger charge is 2.18. The number of nitrogens with zero attached hydrogens (tertiary/aromatic N) is 1. The van der Waals surface area contributed by atoms with Crippen molar-refractivity contribution < 1.29 is 13.9 Å². The van der Waals surface area contributed by atoms with Crippen LogP contribution in [0.1, 0.15) is 51.0 Å². The smallest absolute Gasteiger partial charge is 0.287 e. The minimum absolute atomic E-state index is 0.166. The molecule has 0 radical (unpaired) electrons. The maximum absolute atomic E-state index is 12.5. The second kappa shape index (κ2) is 7.72. The summed E-state index contributed by atoms with van der Waals surface area (Å²) in [5, 5.41) is 5.08. The van der Waals surface area contributed by atoms with Crippen LogP contribution in [0, 0.1) is 6.92 Å². The molecule has 0 aliphatic heterocycles. The molecule has 0 saturated heterocycles. The summed E-state index contributed by atoms with van der Waals surface area (Å²) in [6.07, 6.45) is 6.64. The molecular formula is C21H24N2O3S. The van der Waals surface area contributed by atoms with E-state index < -0.39 is 0 Å². The molecule has 4 rings (SSSR count). The van der Waals surface area contributed by atoms with Gasteiger partial charge in [0.25, 0.3) is 5.91 Å². The molecule has 142 valence electrons. The number of methoxy groups -OCH3 is 1. The summed E-state index contributed by atoms with van der Waals surface area (Å²) in [4.78, 5) is 18.7. The maximum Gasteiger partial charge on any atom is 0.287 e. The fraction of sp³-hybridized carbons (Fsp3) is 0.429. The molecule has 1 aliphatic carbocycles. The third kappa shape index (κ3) is 3.72. The molecular weight excluding hydrogens is 360 g/mol. The Hall–Kier alpha value is -2.34. The third-order valence-electron chi connectivity index (χ3n) is 5.09. The van der Waals surface area contributed by atoms with Crippen molar-refractivity contribution in [3.05, 3.63) is 45.1 Å². The monoisotopic (exact) mass is 384 g/mol. The van der Waals surface area contributed by atoms with Crippen LogP contribution < -0.4 is 10.1 Å². The molecule has 3 aromatic rings. The van der Waals surface area contributed by atoms with Crippen LogP contribution in [0.2, 0.25) is 0 Å². The molecule has 0 saturated carbocycles. The number of aryl methyl sites for hydroxylation is 4. The molecule has 2 heterocycles. The number of benzene rings is 1.